The van der Waals surface area contributed by atoms with Gasteiger partial charge in [0, 0.05) is 0 Å². The van der Waals surface area contributed by atoms with Crippen LogP contribution in [0, 0.1) is 13.8 Å². The van der Waals surface area contributed by atoms with Crippen molar-refractivity contribution in [2.24, 2.45) is 5.73 Å². The number of aliphatic hydroxyl groups is 1. The molecule has 0 spiro atoms. The molecule has 1 rings (SSSR count). The lowest BCUT2D eigenvalue weighted by atomic mass is 10.1. The van der Waals surface area contributed by atoms with Gasteiger partial charge in [0.15, 0.2) is 6.23 Å². The van der Waals surface area contributed by atoms with Crippen LogP contribution in [-0.2, 0) is 0 Å². The zero-order valence-electron chi connectivity index (χ0n) is 8.82. The molecule has 0 saturated heterocycles. The van der Waals surface area contributed by atoms with E-state index in [9.17, 15) is 5.11 Å². The topological polar surface area (TPSA) is 55.5 Å². The van der Waals surface area contributed by atoms with Crippen LogP contribution >= 0.6 is 0 Å². The van der Waals surface area contributed by atoms with E-state index in [2.05, 4.69) is 0 Å². The van der Waals surface area contributed by atoms with Gasteiger partial charge in [-0.15, -0.1) is 0 Å². The van der Waals surface area contributed by atoms with Crippen LogP contribution in [0.5, 0.6) is 5.75 Å². The van der Waals surface area contributed by atoms with Crippen LogP contribution in [0.1, 0.15) is 18.1 Å². The molecule has 0 fully saturated rings. The summed E-state index contributed by atoms with van der Waals surface area (Å²) in [6, 6.07) is 5.84. The Morgan fingerprint density at radius 2 is 2.00 bits per heavy atom. The summed E-state index contributed by atoms with van der Waals surface area (Å²) in [4.78, 5) is 0. The molecule has 0 aliphatic rings. The fourth-order valence-corrected chi connectivity index (χ4v) is 1.18. The SMILES string of the molecule is Cc1ccc(OC(N)[C@@H](C)O)c(C)c1. The molecule has 0 bridgehead atoms. The molecule has 1 aromatic carbocycles. The maximum Gasteiger partial charge on any atom is 0.173 e. The molecule has 3 N–H and O–H groups in total. The van der Waals surface area contributed by atoms with Gasteiger partial charge in [0.1, 0.15) is 11.9 Å². The summed E-state index contributed by atoms with van der Waals surface area (Å²) in [5.74, 6) is 0.726. The average molecular weight is 195 g/mol. The third-order valence-corrected chi connectivity index (χ3v) is 2.07. The van der Waals surface area contributed by atoms with Crippen LogP contribution in [0.2, 0.25) is 0 Å². The van der Waals surface area contributed by atoms with Crippen molar-refractivity contribution >= 4 is 0 Å². The number of aryl methyl sites for hydroxylation is 2. The summed E-state index contributed by atoms with van der Waals surface area (Å²) < 4.78 is 5.39. The molecule has 3 nitrogen and oxygen atoms in total. The van der Waals surface area contributed by atoms with Gasteiger partial charge in [-0.05, 0) is 32.4 Å². The van der Waals surface area contributed by atoms with Crippen molar-refractivity contribution in [2.75, 3.05) is 0 Å². The second kappa shape index (κ2) is 4.44. The highest BCUT2D eigenvalue weighted by Gasteiger charge is 2.11. The summed E-state index contributed by atoms with van der Waals surface area (Å²) in [6.07, 6.45) is -1.34. The molecular weight excluding hydrogens is 178 g/mol. The first kappa shape index (κ1) is 11.0. The molecule has 1 unspecified atom stereocenters. The van der Waals surface area contributed by atoms with E-state index >= 15 is 0 Å². The maximum absolute atomic E-state index is 9.18. The standard InChI is InChI=1S/C11H17NO2/c1-7-4-5-10(8(2)6-7)14-11(12)9(3)13/h4-6,9,11,13H,12H2,1-3H3/t9-,11?/m1/s1. The average Bonchev–Trinajstić information content (AvgIpc) is 2.09. The summed E-state index contributed by atoms with van der Waals surface area (Å²) >= 11 is 0. The lowest BCUT2D eigenvalue weighted by molar-refractivity contribution is 0.0524. The largest absolute Gasteiger partial charge is 0.473 e. The van der Waals surface area contributed by atoms with E-state index in [1.54, 1.807) is 6.92 Å². The normalized spacial score (nSPS) is 14.9. The Bertz CT molecular complexity index is 310. The minimum atomic E-state index is -0.671. The van der Waals surface area contributed by atoms with E-state index in [1.165, 1.54) is 5.56 Å². The van der Waals surface area contributed by atoms with Crippen LogP contribution in [0.4, 0.5) is 0 Å². The van der Waals surface area contributed by atoms with Gasteiger partial charge in [0.05, 0.1) is 0 Å². The quantitative estimate of drug-likeness (QED) is 0.716. The third-order valence-electron chi connectivity index (χ3n) is 2.07. The molecule has 2 atom stereocenters. The number of aliphatic hydroxyl groups excluding tert-OH is 1. The van der Waals surface area contributed by atoms with Crippen molar-refractivity contribution in [3.63, 3.8) is 0 Å². The molecular formula is C11H17NO2. The van der Waals surface area contributed by atoms with Crippen molar-refractivity contribution in [1.82, 2.24) is 0 Å². The Morgan fingerprint density at radius 1 is 1.36 bits per heavy atom. The van der Waals surface area contributed by atoms with Gasteiger partial charge in [0.25, 0.3) is 0 Å². The Labute approximate surface area is 84.5 Å². The van der Waals surface area contributed by atoms with Gasteiger partial charge in [-0.2, -0.15) is 0 Å². The van der Waals surface area contributed by atoms with Gasteiger partial charge in [0.2, 0.25) is 0 Å². The summed E-state index contributed by atoms with van der Waals surface area (Å²) in [5.41, 5.74) is 7.79. The van der Waals surface area contributed by atoms with Gasteiger partial charge < -0.3 is 9.84 Å². The predicted octanol–water partition coefficient (Wildman–Crippen LogP) is 1.35. The van der Waals surface area contributed by atoms with Crippen LogP contribution < -0.4 is 10.5 Å². The van der Waals surface area contributed by atoms with Gasteiger partial charge in [-0.3, -0.25) is 5.73 Å². The lowest BCUT2D eigenvalue weighted by Crippen LogP contribution is -2.38. The van der Waals surface area contributed by atoms with E-state index in [0.29, 0.717) is 0 Å². The molecule has 0 aromatic heterocycles. The smallest absolute Gasteiger partial charge is 0.173 e. The number of hydrogen-bond donors (Lipinski definition) is 2. The van der Waals surface area contributed by atoms with E-state index in [1.807, 2.05) is 32.0 Å². The molecule has 0 amide bonds. The molecule has 78 valence electrons. The van der Waals surface area contributed by atoms with E-state index < -0.39 is 12.3 Å². The monoisotopic (exact) mass is 195 g/mol. The first-order valence-corrected chi connectivity index (χ1v) is 4.68. The molecule has 0 heterocycles. The molecule has 0 saturated carbocycles. The van der Waals surface area contributed by atoms with Crippen LogP contribution in [0.25, 0.3) is 0 Å². The highest BCUT2D eigenvalue weighted by Crippen LogP contribution is 2.19. The first-order chi connectivity index (χ1) is 6.50. The Morgan fingerprint density at radius 3 is 2.50 bits per heavy atom. The fraction of sp³-hybridized carbons (Fsp3) is 0.455. The number of rotatable bonds is 3. The zero-order chi connectivity index (χ0) is 10.7. The Balaban J connectivity index is 2.77. The highest BCUT2D eigenvalue weighted by atomic mass is 16.5. The molecule has 0 radical (unpaired) electrons. The number of benzene rings is 1. The Hall–Kier alpha value is -1.06. The van der Waals surface area contributed by atoms with Crippen molar-refractivity contribution in [1.29, 1.82) is 0 Å². The van der Waals surface area contributed by atoms with Gasteiger partial charge >= 0.3 is 0 Å². The third kappa shape index (κ3) is 2.72. The van der Waals surface area contributed by atoms with Crippen LogP contribution in [-0.4, -0.2) is 17.4 Å². The van der Waals surface area contributed by atoms with Crippen molar-refractivity contribution < 1.29 is 9.84 Å². The summed E-state index contributed by atoms with van der Waals surface area (Å²) in [5, 5.41) is 9.18. The van der Waals surface area contributed by atoms with Crippen molar-refractivity contribution in [3.8, 4) is 5.75 Å². The molecule has 0 aliphatic heterocycles. The zero-order valence-corrected chi connectivity index (χ0v) is 8.82. The first-order valence-electron chi connectivity index (χ1n) is 4.68. The van der Waals surface area contributed by atoms with Crippen molar-refractivity contribution in [2.45, 2.75) is 33.1 Å². The molecule has 0 aliphatic carbocycles. The van der Waals surface area contributed by atoms with E-state index in [0.717, 1.165) is 11.3 Å². The maximum atomic E-state index is 9.18. The van der Waals surface area contributed by atoms with Crippen molar-refractivity contribution in [3.05, 3.63) is 29.3 Å². The minimum absolute atomic E-state index is 0.670. The summed E-state index contributed by atoms with van der Waals surface area (Å²) in [6.45, 7) is 5.58. The second-order valence-corrected chi connectivity index (χ2v) is 3.59. The van der Waals surface area contributed by atoms with Crippen LogP contribution in [0.15, 0.2) is 18.2 Å². The molecule has 1 aromatic rings. The number of hydrogen-bond acceptors (Lipinski definition) is 3. The molecule has 3 heteroatoms. The molecule has 14 heavy (non-hydrogen) atoms. The second-order valence-electron chi connectivity index (χ2n) is 3.59. The highest BCUT2D eigenvalue weighted by molar-refractivity contribution is 5.35. The predicted molar refractivity (Wildman–Crippen MR) is 56.2 cm³/mol. The Kier molecular flexibility index (Phi) is 3.49. The van der Waals surface area contributed by atoms with Gasteiger partial charge in [-0.25, -0.2) is 0 Å². The fourth-order valence-electron chi connectivity index (χ4n) is 1.18. The number of nitrogens with two attached hydrogens (primary N) is 1. The lowest BCUT2D eigenvalue weighted by Gasteiger charge is -2.18. The van der Waals surface area contributed by atoms with Gasteiger partial charge in [-0.1, -0.05) is 17.7 Å². The number of ether oxygens (including phenoxy) is 1. The van der Waals surface area contributed by atoms with E-state index in [-0.39, 0.29) is 0 Å². The summed E-state index contributed by atoms with van der Waals surface area (Å²) in [7, 11) is 0. The van der Waals surface area contributed by atoms with Crippen LogP contribution in [0.3, 0.4) is 0 Å². The van der Waals surface area contributed by atoms with E-state index in [4.69, 9.17) is 10.5 Å². The minimum Gasteiger partial charge on any atom is -0.473 e.